The molecule has 5 heteroatoms. The minimum atomic E-state index is 0.439. The van der Waals surface area contributed by atoms with Crippen LogP contribution in [-0.2, 0) is 0 Å². The lowest BCUT2D eigenvalue weighted by Gasteiger charge is -1.96. The number of anilines is 1. The van der Waals surface area contributed by atoms with Crippen LogP contribution in [0.3, 0.4) is 0 Å². The molecule has 4 nitrogen and oxygen atoms in total. The van der Waals surface area contributed by atoms with E-state index in [9.17, 15) is 0 Å². The van der Waals surface area contributed by atoms with Crippen molar-refractivity contribution in [3.8, 4) is 11.3 Å². The van der Waals surface area contributed by atoms with Gasteiger partial charge >= 0.3 is 0 Å². The first-order valence-corrected chi connectivity index (χ1v) is 5.48. The molecule has 0 radical (unpaired) electrons. The number of halogens is 1. The Hall–Kier alpha value is -2.07. The molecule has 2 heterocycles. The summed E-state index contributed by atoms with van der Waals surface area (Å²) in [7, 11) is 0. The van der Waals surface area contributed by atoms with Gasteiger partial charge in [-0.05, 0) is 24.3 Å². The van der Waals surface area contributed by atoms with Crippen LogP contribution >= 0.6 is 11.6 Å². The standard InChI is InChI=1S/C12H9ClN4/c13-11-4-5-12-15-10(7-17(12)16-11)8-2-1-3-9(14)6-8/h1-7H,14H2. The number of hydrogen-bond donors (Lipinski definition) is 1. The molecule has 0 aliphatic carbocycles. The number of nitrogens with zero attached hydrogens (tertiary/aromatic N) is 3. The molecule has 3 rings (SSSR count). The summed E-state index contributed by atoms with van der Waals surface area (Å²) in [6.07, 6.45) is 1.83. The highest BCUT2D eigenvalue weighted by atomic mass is 35.5. The topological polar surface area (TPSA) is 56.2 Å². The van der Waals surface area contributed by atoms with Crippen LogP contribution in [0.1, 0.15) is 0 Å². The van der Waals surface area contributed by atoms with Crippen molar-refractivity contribution >= 4 is 22.9 Å². The first-order chi connectivity index (χ1) is 8.22. The van der Waals surface area contributed by atoms with Crippen LogP contribution in [0, 0.1) is 0 Å². The quantitative estimate of drug-likeness (QED) is 0.670. The number of fused-ring (bicyclic) bond motifs is 1. The van der Waals surface area contributed by atoms with Crippen LogP contribution in [0.25, 0.3) is 16.9 Å². The Morgan fingerprint density at radius 1 is 1.18 bits per heavy atom. The van der Waals surface area contributed by atoms with Crippen LogP contribution in [0.15, 0.2) is 42.6 Å². The maximum absolute atomic E-state index is 5.82. The van der Waals surface area contributed by atoms with Crippen molar-refractivity contribution in [3.63, 3.8) is 0 Å². The second-order valence-corrected chi connectivity index (χ2v) is 4.10. The zero-order valence-electron chi connectivity index (χ0n) is 8.84. The fourth-order valence-corrected chi connectivity index (χ4v) is 1.84. The highest BCUT2D eigenvalue weighted by molar-refractivity contribution is 6.29. The normalized spacial score (nSPS) is 10.9. The molecule has 0 aliphatic heterocycles. The zero-order valence-corrected chi connectivity index (χ0v) is 9.59. The van der Waals surface area contributed by atoms with Gasteiger partial charge in [0.15, 0.2) is 5.65 Å². The molecule has 0 spiro atoms. The number of nitrogens with two attached hydrogens (primary N) is 1. The first kappa shape index (κ1) is 10.1. The second-order valence-electron chi connectivity index (χ2n) is 3.71. The van der Waals surface area contributed by atoms with Crippen molar-refractivity contribution < 1.29 is 0 Å². The van der Waals surface area contributed by atoms with Crippen LogP contribution in [0.5, 0.6) is 0 Å². The van der Waals surface area contributed by atoms with Gasteiger partial charge in [-0.25, -0.2) is 9.50 Å². The Morgan fingerprint density at radius 2 is 2.06 bits per heavy atom. The molecule has 3 aromatic rings. The molecule has 0 aliphatic rings. The summed E-state index contributed by atoms with van der Waals surface area (Å²) in [4.78, 5) is 4.45. The molecule has 17 heavy (non-hydrogen) atoms. The van der Waals surface area contributed by atoms with Crippen LogP contribution in [-0.4, -0.2) is 14.6 Å². The van der Waals surface area contributed by atoms with E-state index in [4.69, 9.17) is 17.3 Å². The molecule has 0 fully saturated rings. The Morgan fingerprint density at radius 3 is 2.88 bits per heavy atom. The second kappa shape index (κ2) is 3.75. The van der Waals surface area contributed by atoms with E-state index in [0.717, 1.165) is 16.9 Å². The smallest absolute Gasteiger partial charge is 0.154 e. The maximum Gasteiger partial charge on any atom is 0.154 e. The van der Waals surface area contributed by atoms with E-state index >= 15 is 0 Å². The monoisotopic (exact) mass is 244 g/mol. The summed E-state index contributed by atoms with van der Waals surface area (Å²) in [6.45, 7) is 0. The van der Waals surface area contributed by atoms with Crippen LogP contribution in [0.2, 0.25) is 5.15 Å². The predicted octanol–water partition coefficient (Wildman–Crippen LogP) is 2.63. The lowest BCUT2D eigenvalue weighted by Crippen LogP contribution is -1.88. The summed E-state index contributed by atoms with van der Waals surface area (Å²) >= 11 is 5.82. The van der Waals surface area contributed by atoms with Gasteiger partial charge in [-0.1, -0.05) is 23.7 Å². The van der Waals surface area contributed by atoms with Gasteiger partial charge in [0, 0.05) is 11.3 Å². The molecular formula is C12H9ClN4. The summed E-state index contributed by atoms with van der Waals surface area (Å²) < 4.78 is 1.65. The summed E-state index contributed by atoms with van der Waals surface area (Å²) in [5, 5.41) is 4.57. The molecule has 0 saturated heterocycles. The average molecular weight is 245 g/mol. The third-order valence-corrected chi connectivity index (χ3v) is 2.67. The molecular weight excluding hydrogens is 236 g/mol. The van der Waals surface area contributed by atoms with Gasteiger partial charge in [0.2, 0.25) is 0 Å². The first-order valence-electron chi connectivity index (χ1n) is 5.10. The SMILES string of the molecule is Nc1cccc(-c2cn3nc(Cl)ccc3n2)c1. The Labute approximate surface area is 103 Å². The predicted molar refractivity (Wildman–Crippen MR) is 67.8 cm³/mol. The van der Waals surface area contributed by atoms with Crippen molar-refractivity contribution in [2.45, 2.75) is 0 Å². The van der Waals surface area contributed by atoms with Crippen molar-refractivity contribution in [3.05, 3.63) is 47.7 Å². The van der Waals surface area contributed by atoms with E-state index in [1.165, 1.54) is 0 Å². The lowest BCUT2D eigenvalue weighted by molar-refractivity contribution is 0.937. The fourth-order valence-electron chi connectivity index (χ4n) is 1.70. The van der Waals surface area contributed by atoms with E-state index in [1.807, 2.05) is 36.5 Å². The summed E-state index contributed by atoms with van der Waals surface area (Å²) in [5.41, 5.74) is 9.00. The van der Waals surface area contributed by atoms with Gasteiger partial charge in [-0.3, -0.25) is 0 Å². The number of nitrogen functional groups attached to an aromatic ring is 1. The molecule has 84 valence electrons. The molecule has 0 bridgehead atoms. The summed E-state index contributed by atoms with van der Waals surface area (Å²) in [6, 6.07) is 11.1. The van der Waals surface area contributed by atoms with E-state index in [1.54, 1.807) is 10.6 Å². The number of aromatic nitrogens is 3. The Balaban J connectivity index is 2.18. The average Bonchev–Trinajstić information content (AvgIpc) is 2.72. The molecule has 2 N–H and O–H groups in total. The van der Waals surface area contributed by atoms with E-state index in [-0.39, 0.29) is 0 Å². The minimum Gasteiger partial charge on any atom is -0.399 e. The van der Waals surface area contributed by atoms with E-state index < -0.39 is 0 Å². The van der Waals surface area contributed by atoms with Crippen molar-refractivity contribution in [2.24, 2.45) is 0 Å². The van der Waals surface area contributed by atoms with Gasteiger partial charge in [0.1, 0.15) is 5.15 Å². The number of rotatable bonds is 1. The van der Waals surface area contributed by atoms with Crippen molar-refractivity contribution in [1.29, 1.82) is 0 Å². The number of benzene rings is 1. The number of hydrogen-bond acceptors (Lipinski definition) is 3. The molecule has 0 saturated carbocycles. The highest BCUT2D eigenvalue weighted by Gasteiger charge is 2.05. The molecule has 2 aromatic heterocycles. The van der Waals surface area contributed by atoms with E-state index in [0.29, 0.717) is 10.8 Å². The Bertz CT molecular complexity index is 690. The molecule has 1 aromatic carbocycles. The molecule has 0 atom stereocenters. The molecule has 0 unspecified atom stereocenters. The fraction of sp³-hybridized carbons (Fsp3) is 0. The van der Waals surface area contributed by atoms with Crippen LogP contribution in [0.4, 0.5) is 5.69 Å². The van der Waals surface area contributed by atoms with E-state index in [2.05, 4.69) is 10.1 Å². The van der Waals surface area contributed by atoms with Gasteiger partial charge in [0.25, 0.3) is 0 Å². The van der Waals surface area contributed by atoms with Crippen LogP contribution < -0.4 is 5.73 Å². The maximum atomic E-state index is 5.82. The Kier molecular flexibility index (Phi) is 2.23. The largest absolute Gasteiger partial charge is 0.399 e. The van der Waals surface area contributed by atoms with Gasteiger partial charge < -0.3 is 5.73 Å². The minimum absolute atomic E-state index is 0.439. The van der Waals surface area contributed by atoms with Crippen molar-refractivity contribution in [1.82, 2.24) is 14.6 Å². The molecule has 0 amide bonds. The van der Waals surface area contributed by atoms with Gasteiger partial charge in [0.05, 0.1) is 11.9 Å². The summed E-state index contributed by atoms with van der Waals surface area (Å²) in [5.74, 6) is 0. The highest BCUT2D eigenvalue weighted by Crippen LogP contribution is 2.21. The van der Waals surface area contributed by atoms with Crippen molar-refractivity contribution in [2.75, 3.05) is 5.73 Å². The van der Waals surface area contributed by atoms with Gasteiger partial charge in [-0.2, -0.15) is 5.10 Å². The number of imidazole rings is 1. The lowest BCUT2D eigenvalue weighted by atomic mass is 10.1. The third kappa shape index (κ3) is 1.83. The zero-order chi connectivity index (χ0) is 11.8. The third-order valence-electron chi connectivity index (χ3n) is 2.47. The van der Waals surface area contributed by atoms with Gasteiger partial charge in [-0.15, -0.1) is 0 Å².